The minimum absolute atomic E-state index is 0.0417. The molecule has 1 aromatic rings. The zero-order valence-corrected chi connectivity index (χ0v) is 8.99. The maximum absolute atomic E-state index is 13.1. The molecule has 0 aliphatic rings. The van der Waals surface area contributed by atoms with E-state index in [0.717, 1.165) is 6.07 Å². The number of hydrogen-bond donors (Lipinski definition) is 0. The Balaban J connectivity index is 3.64. The first kappa shape index (κ1) is 14.1. The average Bonchev–Trinajstić information content (AvgIpc) is 2.65. The van der Waals surface area contributed by atoms with E-state index in [0.29, 0.717) is 0 Å². The summed E-state index contributed by atoms with van der Waals surface area (Å²) in [7, 11) is 0. The number of hydrogen-bond acceptors (Lipinski definition) is 4. The van der Waals surface area contributed by atoms with Crippen molar-refractivity contribution >= 4 is 17.6 Å². The van der Waals surface area contributed by atoms with E-state index in [1.165, 1.54) is 6.07 Å². The second kappa shape index (κ2) is 4.35. The summed E-state index contributed by atoms with van der Waals surface area (Å²) in [5.41, 5.74) is -1.89. The van der Waals surface area contributed by atoms with Crippen LogP contribution in [0, 0.1) is 22.7 Å². The maximum atomic E-state index is 13.1. The molecule has 0 atom stereocenters. The van der Waals surface area contributed by atoms with Crippen molar-refractivity contribution in [3.05, 3.63) is 20.9 Å². The molecule has 0 radical (unpaired) electrons. The molecule has 1 heterocycles. The predicted octanol–water partition coefficient (Wildman–Crippen LogP) is 2.96. The van der Waals surface area contributed by atoms with Crippen molar-refractivity contribution in [2.24, 2.45) is 0 Å². The molecule has 0 unspecified atom stereocenters. The SMILES string of the molecule is N#Cc1c(C=O)sc(C(F)(F)C(F)(F)F)c1C#N. The number of nitrogens with zero attached hydrogens (tertiary/aromatic N) is 2. The third-order valence-corrected chi connectivity index (χ3v) is 3.09. The molecule has 0 bridgehead atoms. The highest BCUT2D eigenvalue weighted by atomic mass is 32.1. The summed E-state index contributed by atoms with van der Waals surface area (Å²) in [5.74, 6) is -5.28. The van der Waals surface area contributed by atoms with Crippen LogP contribution in [0.1, 0.15) is 25.7 Å². The molecule has 0 N–H and O–H groups in total. The molecule has 0 aliphatic carbocycles. The third kappa shape index (κ3) is 1.93. The Labute approximate surface area is 101 Å². The van der Waals surface area contributed by atoms with Gasteiger partial charge >= 0.3 is 12.1 Å². The maximum Gasteiger partial charge on any atom is 0.458 e. The molecule has 1 rings (SSSR count). The minimum Gasteiger partial charge on any atom is -0.297 e. The molecular formula is C9HF5N2OS. The Morgan fingerprint density at radius 2 is 1.56 bits per heavy atom. The first-order valence-corrected chi connectivity index (χ1v) is 4.89. The molecule has 0 aromatic carbocycles. The van der Waals surface area contributed by atoms with Gasteiger partial charge in [0.05, 0.1) is 16.0 Å². The number of nitriles is 2. The topological polar surface area (TPSA) is 64.7 Å². The summed E-state index contributed by atoms with van der Waals surface area (Å²) in [6.07, 6.45) is -5.95. The fourth-order valence-corrected chi connectivity index (χ4v) is 2.11. The monoisotopic (exact) mass is 280 g/mol. The van der Waals surface area contributed by atoms with E-state index >= 15 is 0 Å². The molecule has 94 valence electrons. The number of carbonyl (C=O) groups excluding carboxylic acids is 1. The lowest BCUT2D eigenvalue weighted by Gasteiger charge is -2.18. The molecule has 3 nitrogen and oxygen atoms in total. The van der Waals surface area contributed by atoms with Crippen molar-refractivity contribution in [3.8, 4) is 12.1 Å². The van der Waals surface area contributed by atoms with Crippen molar-refractivity contribution < 1.29 is 26.7 Å². The van der Waals surface area contributed by atoms with Crippen LogP contribution in [0.2, 0.25) is 0 Å². The molecule has 0 saturated carbocycles. The number of thiophene rings is 1. The molecular weight excluding hydrogens is 279 g/mol. The summed E-state index contributed by atoms with van der Waals surface area (Å²) < 4.78 is 62.7. The fourth-order valence-electron chi connectivity index (χ4n) is 1.10. The van der Waals surface area contributed by atoms with Gasteiger partial charge in [-0.1, -0.05) is 0 Å². The lowest BCUT2D eigenvalue weighted by molar-refractivity contribution is -0.287. The standard InChI is InChI=1S/C9HF5N2OS/c10-8(11,9(12,13)14)7-5(2-16)4(1-15)6(3-17)18-7/h3H. The first-order chi connectivity index (χ1) is 8.20. The van der Waals surface area contributed by atoms with E-state index in [4.69, 9.17) is 10.5 Å². The second-order valence-corrected chi connectivity index (χ2v) is 4.01. The lowest BCUT2D eigenvalue weighted by Crippen LogP contribution is -2.33. The van der Waals surface area contributed by atoms with Crippen LogP contribution in [0.25, 0.3) is 0 Å². The van der Waals surface area contributed by atoms with Crippen molar-refractivity contribution in [1.82, 2.24) is 0 Å². The van der Waals surface area contributed by atoms with Gasteiger partial charge in [0.25, 0.3) is 0 Å². The Hall–Kier alpha value is -2.00. The summed E-state index contributed by atoms with van der Waals surface area (Å²) in [6, 6.07) is 2.36. The number of rotatable bonds is 2. The average molecular weight is 280 g/mol. The van der Waals surface area contributed by atoms with E-state index in [9.17, 15) is 26.7 Å². The zero-order valence-electron chi connectivity index (χ0n) is 8.18. The van der Waals surface area contributed by atoms with Crippen LogP contribution >= 0.6 is 11.3 Å². The van der Waals surface area contributed by atoms with Crippen LogP contribution in [0.4, 0.5) is 22.0 Å². The zero-order chi connectivity index (χ0) is 14.1. The first-order valence-electron chi connectivity index (χ1n) is 4.07. The van der Waals surface area contributed by atoms with Crippen molar-refractivity contribution in [2.45, 2.75) is 12.1 Å². The van der Waals surface area contributed by atoms with Gasteiger partial charge in [0.1, 0.15) is 17.0 Å². The molecule has 0 amide bonds. The van der Waals surface area contributed by atoms with Crippen LogP contribution in [0.3, 0.4) is 0 Å². The number of carbonyl (C=O) groups is 1. The van der Waals surface area contributed by atoms with Crippen molar-refractivity contribution in [1.29, 1.82) is 10.5 Å². The van der Waals surface area contributed by atoms with Crippen LogP contribution in [0.5, 0.6) is 0 Å². The second-order valence-electron chi connectivity index (χ2n) is 2.96. The Kier molecular flexibility index (Phi) is 3.40. The number of aldehydes is 1. The largest absolute Gasteiger partial charge is 0.458 e. The van der Waals surface area contributed by atoms with Gasteiger partial charge in [0.15, 0.2) is 6.29 Å². The van der Waals surface area contributed by atoms with Gasteiger partial charge in [-0.25, -0.2) is 0 Å². The summed E-state index contributed by atoms with van der Waals surface area (Å²) in [5, 5.41) is 17.1. The summed E-state index contributed by atoms with van der Waals surface area (Å²) >= 11 is -0.214. The molecule has 18 heavy (non-hydrogen) atoms. The summed E-state index contributed by atoms with van der Waals surface area (Å²) in [4.78, 5) is 8.19. The Bertz CT molecular complexity index is 575. The quantitative estimate of drug-likeness (QED) is 0.618. The van der Waals surface area contributed by atoms with Crippen LogP contribution in [-0.2, 0) is 5.92 Å². The normalized spacial score (nSPS) is 11.7. The third-order valence-electron chi connectivity index (χ3n) is 1.91. The molecule has 0 aliphatic heterocycles. The van der Waals surface area contributed by atoms with E-state index in [2.05, 4.69) is 0 Å². The minimum atomic E-state index is -5.91. The van der Waals surface area contributed by atoms with E-state index in [1.807, 2.05) is 0 Å². The van der Waals surface area contributed by atoms with Crippen LogP contribution in [-0.4, -0.2) is 12.5 Å². The van der Waals surface area contributed by atoms with Gasteiger partial charge < -0.3 is 0 Å². The highest BCUT2D eigenvalue weighted by Crippen LogP contribution is 2.48. The van der Waals surface area contributed by atoms with Crippen LogP contribution in [0.15, 0.2) is 0 Å². The van der Waals surface area contributed by atoms with Gasteiger partial charge in [-0.05, 0) is 0 Å². The number of alkyl halides is 5. The van der Waals surface area contributed by atoms with Gasteiger partial charge in [0, 0.05) is 0 Å². The number of halogens is 5. The Morgan fingerprint density at radius 3 is 1.89 bits per heavy atom. The highest BCUT2D eigenvalue weighted by Gasteiger charge is 2.61. The summed E-state index contributed by atoms with van der Waals surface area (Å²) in [6.45, 7) is 0. The van der Waals surface area contributed by atoms with Gasteiger partial charge in [-0.2, -0.15) is 32.5 Å². The lowest BCUT2D eigenvalue weighted by atomic mass is 10.1. The molecule has 0 saturated heterocycles. The highest BCUT2D eigenvalue weighted by molar-refractivity contribution is 7.14. The van der Waals surface area contributed by atoms with E-state index in [1.54, 1.807) is 0 Å². The van der Waals surface area contributed by atoms with E-state index in [-0.39, 0.29) is 17.6 Å². The molecule has 0 fully saturated rings. The smallest absolute Gasteiger partial charge is 0.297 e. The van der Waals surface area contributed by atoms with E-state index < -0.39 is 33.0 Å². The Morgan fingerprint density at radius 1 is 1.06 bits per heavy atom. The molecule has 9 heteroatoms. The fraction of sp³-hybridized carbons (Fsp3) is 0.222. The van der Waals surface area contributed by atoms with Gasteiger partial charge in [-0.3, -0.25) is 4.79 Å². The van der Waals surface area contributed by atoms with Crippen molar-refractivity contribution in [2.75, 3.05) is 0 Å². The predicted molar refractivity (Wildman–Crippen MR) is 49.1 cm³/mol. The van der Waals surface area contributed by atoms with Gasteiger partial charge in [0.2, 0.25) is 0 Å². The van der Waals surface area contributed by atoms with Crippen LogP contribution < -0.4 is 0 Å². The van der Waals surface area contributed by atoms with Gasteiger partial charge in [-0.15, -0.1) is 11.3 Å². The van der Waals surface area contributed by atoms with Crippen molar-refractivity contribution in [3.63, 3.8) is 0 Å². The molecule has 1 aromatic heterocycles. The molecule has 0 spiro atoms.